The number of piperazine rings is 1. The summed E-state index contributed by atoms with van der Waals surface area (Å²) in [4.78, 5) is 27.6. The lowest BCUT2D eigenvalue weighted by atomic mass is 10.2. The molecule has 0 aliphatic carbocycles. The van der Waals surface area contributed by atoms with Crippen molar-refractivity contribution < 1.29 is 14.3 Å². The van der Waals surface area contributed by atoms with Crippen LogP contribution in [0, 0.1) is 0 Å². The summed E-state index contributed by atoms with van der Waals surface area (Å²) in [7, 11) is 0. The van der Waals surface area contributed by atoms with E-state index in [1.165, 1.54) is 0 Å². The SMILES string of the molecule is CC(C)(C)OC(=O)N1CC2CC1C(=O)N2CCCN. The number of hydrogen-bond acceptors (Lipinski definition) is 4. The van der Waals surface area contributed by atoms with E-state index in [1.807, 2.05) is 25.7 Å². The van der Waals surface area contributed by atoms with Crippen LogP contribution in [0.2, 0.25) is 0 Å². The van der Waals surface area contributed by atoms with Crippen LogP contribution in [0.15, 0.2) is 0 Å². The Balaban J connectivity index is 1.97. The molecule has 108 valence electrons. The molecule has 2 fully saturated rings. The van der Waals surface area contributed by atoms with E-state index in [9.17, 15) is 9.59 Å². The largest absolute Gasteiger partial charge is 0.444 e. The van der Waals surface area contributed by atoms with Gasteiger partial charge in [0.1, 0.15) is 11.6 Å². The lowest BCUT2D eigenvalue weighted by Crippen LogP contribution is -2.53. The number of amides is 2. The molecule has 0 aromatic carbocycles. The normalized spacial score (nSPS) is 26.2. The standard InChI is InChI=1S/C13H23N3O3/c1-13(2,3)19-12(18)16-8-9-7-10(16)11(17)15(9)6-4-5-14/h9-10H,4-8,14H2,1-3H3. The van der Waals surface area contributed by atoms with Crippen LogP contribution >= 0.6 is 0 Å². The summed E-state index contributed by atoms with van der Waals surface area (Å²) >= 11 is 0. The van der Waals surface area contributed by atoms with E-state index in [1.54, 1.807) is 4.90 Å². The highest BCUT2D eigenvalue weighted by Crippen LogP contribution is 2.32. The Morgan fingerprint density at radius 2 is 2.16 bits per heavy atom. The summed E-state index contributed by atoms with van der Waals surface area (Å²) in [5.41, 5.74) is 4.95. The Morgan fingerprint density at radius 3 is 2.68 bits per heavy atom. The van der Waals surface area contributed by atoms with Crippen LogP contribution in [0.1, 0.15) is 33.6 Å². The van der Waals surface area contributed by atoms with E-state index >= 15 is 0 Å². The lowest BCUT2D eigenvalue weighted by molar-refractivity contribution is -0.136. The molecule has 2 atom stereocenters. The van der Waals surface area contributed by atoms with E-state index in [2.05, 4.69) is 0 Å². The zero-order valence-electron chi connectivity index (χ0n) is 11.9. The Kier molecular flexibility index (Phi) is 3.71. The third-order valence-corrected chi connectivity index (χ3v) is 3.52. The van der Waals surface area contributed by atoms with Crippen LogP contribution in [-0.4, -0.2) is 59.1 Å². The van der Waals surface area contributed by atoms with Gasteiger partial charge >= 0.3 is 6.09 Å². The van der Waals surface area contributed by atoms with E-state index in [0.717, 1.165) is 12.8 Å². The predicted octanol–water partition coefficient (Wildman–Crippen LogP) is 0.555. The molecule has 0 radical (unpaired) electrons. The number of nitrogens with zero attached hydrogens (tertiary/aromatic N) is 2. The highest BCUT2D eigenvalue weighted by atomic mass is 16.6. The van der Waals surface area contributed by atoms with Crippen molar-refractivity contribution in [2.24, 2.45) is 5.73 Å². The molecule has 2 aliphatic rings. The van der Waals surface area contributed by atoms with E-state index in [-0.39, 0.29) is 24.1 Å². The average molecular weight is 269 g/mol. The van der Waals surface area contributed by atoms with Crippen molar-refractivity contribution in [3.63, 3.8) is 0 Å². The first kappa shape index (κ1) is 14.1. The zero-order chi connectivity index (χ0) is 14.2. The van der Waals surface area contributed by atoms with Crippen molar-refractivity contribution in [3.8, 4) is 0 Å². The maximum atomic E-state index is 12.2. The molecule has 2 saturated heterocycles. The Bertz CT molecular complexity index is 378. The van der Waals surface area contributed by atoms with Gasteiger partial charge in [0.2, 0.25) is 5.91 Å². The molecule has 2 unspecified atom stereocenters. The van der Waals surface area contributed by atoms with Crippen molar-refractivity contribution >= 4 is 12.0 Å². The average Bonchev–Trinajstić information content (AvgIpc) is 2.82. The summed E-state index contributed by atoms with van der Waals surface area (Å²) in [6.45, 7) is 7.34. The molecule has 2 amide bonds. The van der Waals surface area contributed by atoms with Crippen LogP contribution in [0.5, 0.6) is 0 Å². The zero-order valence-corrected chi connectivity index (χ0v) is 11.9. The fourth-order valence-corrected chi connectivity index (χ4v) is 2.72. The maximum absolute atomic E-state index is 12.2. The summed E-state index contributed by atoms with van der Waals surface area (Å²) in [5.74, 6) is 0.0376. The van der Waals surface area contributed by atoms with Gasteiger partial charge in [0.25, 0.3) is 0 Å². The van der Waals surface area contributed by atoms with Crippen molar-refractivity contribution in [2.75, 3.05) is 19.6 Å². The molecule has 0 spiro atoms. The molecule has 2 rings (SSSR count). The highest BCUT2D eigenvalue weighted by Gasteiger charge is 2.51. The van der Waals surface area contributed by atoms with Gasteiger partial charge in [-0.2, -0.15) is 0 Å². The van der Waals surface area contributed by atoms with Gasteiger partial charge in [0.05, 0.1) is 6.04 Å². The molecule has 6 nitrogen and oxygen atoms in total. The van der Waals surface area contributed by atoms with Crippen molar-refractivity contribution in [1.82, 2.24) is 9.80 Å². The minimum atomic E-state index is -0.527. The number of hydrogen-bond donors (Lipinski definition) is 1. The summed E-state index contributed by atoms with van der Waals surface area (Å²) in [5, 5.41) is 0. The number of carbonyl (C=O) groups is 2. The first-order valence-electron chi connectivity index (χ1n) is 6.83. The van der Waals surface area contributed by atoms with Crippen molar-refractivity contribution in [1.29, 1.82) is 0 Å². The molecule has 2 bridgehead atoms. The first-order chi connectivity index (χ1) is 8.83. The third kappa shape index (κ3) is 2.83. The van der Waals surface area contributed by atoms with Gasteiger partial charge in [0, 0.05) is 13.1 Å². The second kappa shape index (κ2) is 5.00. The van der Waals surface area contributed by atoms with Crippen LogP contribution in [0.3, 0.4) is 0 Å². The summed E-state index contributed by atoms with van der Waals surface area (Å²) < 4.78 is 5.34. The van der Waals surface area contributed by atoms with Crippen LogP contribution in [0.25, 0.3) is 0 Å². The van der Waals surface area contributed by atoms with Crippen LogP contribution < -0.4 is 5.73 Å². The third-order valence-electron chi connectivity index (χ3n) is 3.52. The molecule has 0 aromatic heterocycles. The van der Waals surface area contributed by atoms with Gasteiger partial charge in [-0.05, 0) is 40.2 Å². The lowest BCUT2D eigenvalue weighted by Gasteiger charge is -2.34. The summed E-state index contributed by atoms with van der Waals surface area (Å²) in [6, 6.07) is -0.200. The minimum absolute atomic E-state index is 0.0376. The molecule has 2 heterocycles. The van der Waals surface area contributed by atoms with Gasteiger partial charge in [-0.1, -0.05) is 0 Å². The van der Waals surface area contributed by atoms with Gasteiger partial charge in [-0.3, -0.25) is 9.69 Å². The molecule has 2 N–H and O–H groups in total. The number of rotatable bonds is 3. The van der Waals surface area contributed by atoms with Crippen LogP contribution in [0.4, 0.5) is 4.79 Å². The number of ether oxygens (including phenoxy) is 1. The molecule has 6 heteroatoms. The smallest absolute Gasteiger partial charge is 0.411 e. The topological polar surface area (TPSA) is 75.9 Å². The van der Waals surface area contributed by atoms with E-state index < -0.39 is 5.60 Å². The van der Waals surface area contributed by atoms with E-state index in [4.69, 9.17) is 10.5 Å². The number of fused-ring (bicyclic) bond motifs is 2. The molecule has 2 aliphatic heterocycles. The van der Waals surface area contributed by atoms with Gasteiger partial charge < -0.3 is 15.4 Å². The number of likely N-dealkylation sites (tertiary alicyclic amines) is 2. The molecular weight excluding hydrogens is 246 g/mol. The Labute approximate surface area is 113 Å². The Hall–Kier alpha value is -1.30. The quantitative estimate of drug-likeness (QED) is 0.812. The molecule has 19 heavy (non-hydrogen) atoms. The van der Waals surface area contributed by atoms with Gasteiger partial charge in [-0.25, -0.2) is 4.79 Å². The fourth-order valence-electron chi connectivity index (χ4n) is 2.72. The maximum Gasteiger partial charge on any atom is 0.411 e. The number of nitrogens with two attached hydrogens (primary N) is 1. The predicted molar refractivity (Wildman–Crippen MR) is 70.5 cm³/mol. The summed E-state index contributed by atoms with van der Waals surface area (Å²) in [6.07, 6.45) is 1.15. The molecule has 0 saturated carbocycles. The fraction of sp³-hybridized carbons (Fsp3) is 0.846. The molecular formula is C13H23N3O3. The van der Waals surface area contributed by atoms with E-state index in [0.29, 0.717) is 19.6 Å². The second-order valence-electron chi connectivity index (χ2n) is 6.21. The minimum Gasteiger partial charge on any atom is -0.444 e. The number of carbonyl (C=O) groups excluding carboxylic acids is 2. The van der Waals surface area contributed by atoms with Crippen LogP contribution in [-0.2, 0) is 9.53 Å². The van der Waals surface area contributed by atoms with Gasteiger partial charge in [-0.15, -0.1) is 0 Å². The Morgan fingerprint density at radius 1 is 1.47 bits per heavy atom. The van der Waals surface area contributed by atoms with Gasteiger partial charge in [0.15, 0.2) is 0 Å². The first-order valence-corrected chi connectivity index (χ1v) is 6.83. The highest BCUT2D eigenvalue weighted by molar-refractivity contribution is 5.89. The monoisotopic (exact) mass is 269 g/mol. The second-order valence-corrected chi connectivity index (χ2v) is 6.21. The van der Waals surface area contributed by atoms with Crippen molar-refractivity contribution in [2.45, 2.75) is 51.3 Å². The van der Waals surface area contributed by atoms with Crippen molar-refractivity contribution in [3.05, 3.63) is 0 Å². The molecule has 0 aromatic rings.